The van der Waals surface area contributed by atoms with Crippen LogP contribution in [-0.2, 0) is 4.79 Å². The van der Waals surface area contributed by atoms with Crippen molar-refractivity contribution in [1.29, 1.82) is 0 Å². The van der Waals surface area contributed by atoms with Crippen molar-refractivity contribution in [3.05, 3.63) is 47.3 Å². The molecule has 1 aliphatic rings. The van der Waals surface area contributed by atoms with Crippen LogP contribution in [0.25, 0.3) is 11.0 Å². The fourth-order valence-electron chi connectivity index (χ4n) is 4.96. The smallest absolute Gasteiger partial charge is 0.277 e. The summed E-state index contributed by atoms with van der Waals surface area (Å²) in [5, 5.41) is 3.58. The number of hydrogen-bond donors (Lipinski definition) is 1. The highest BCUT2D eigenvalue weighted by molar-refractivity contribution is 6.04. The van der Waals surface area contributed by atoms with E-state index in [1.54, 1.807) is 11.2 Å². The van der Waals surface area contributed by atoms with E-state index in [0.717, 1.165) is 55.6 Å². The van der Waals surface area contributed by atoms with Gasteiger partial charge in [-0.25, -0.2) is 4.98 Å². The molecule has 0 spiro atoms. The number of pyridine rings is 1. The van der Waals surface area contributed by atoms with Gasteiger partial charge in [0.15, 0.2) is 0 Å². The molecule has 41 heavy (non-hydrogen) atoms. The Morgan fingerprint density at radius 2 is 1.83 bits per heavy atom. The molecule has 0 saturated heterocycles. The highest BCUT2D eigenvalue weighted by Gasteiger charge is 2.32. The molecule has 0 bridgehead atoms. The van der Waals surface area contributed by atoms with Crippen molar-refractivity contribution in [2.75, 3.05) is 19.4 Å². The van der Waals surface area contributed by atoms with Crippen LogP contribution in [0.5, 0.6) is 0 Å². The van der Waals surface area contributed by atoms with Crippen molar-refractivity contribution in [2.45, 2.75) is 126 Å². The first-order chi connectivity index (χ1) is 19.8. The van der Waals surface area contributed by atoms with E-state index >= 15 is 0 Å². The van der Waals surface area contributed by atoms with Crippen LogP contribution in [0.15, 0.2) is 46.7 Å². The van der Waals surface area contributed by atoms with Crippen LogP contribution in [0.1, 0.15) is 120 Å². The Kier molecular flexibility index (Phi) is 18.3. The molecule has 1 fully saturated rings. The summed E-state index contributed by atoms with van der Waals surface area (Å²) in [5.74, 6) is -0.0876. The van der Waals surface area contributed by atoms with Gasteiger partial charge in [0, 0.05) is 38.4 Å². The number of allylic oxidation sites excluding steroid dienone is 2. The lowest BCUT2D eigenvalue weighted by molar-refractivity contribution is -0.126. The van der Waals surface area contributed by atoms with Crippen molar-refractivity contribution in [3.63, 3.8) is 0 Å². The Morgan fingerprint density at radius 1 is 1.20 bits per heavy atom. The van der Waals surface area contributed by atoms with Gasteiger partial charge < -0.3 is 19.4 Å². The number of nitrogens with one attached hydrogen (secondary N) is 1. The molecule has 0 radical (unpaired) electrons. The number of amides is 1. The van der Waals surface area contributed by atoms with Gasteiger partial charge in [0.1, 0.15) is 11.0 Å². The van der Waals surface area contributed by atoms with Crippen molar-refractivity contribution in [1.82, 2.24) is 19.0 Å². The maximum atomic E-state index is 13.8. The third kappa shape index (κ3) is 9.44. The predicted octanol–water partition coefficient (Wildman–Crippen LogP) is 8.17. The molecule has 0 aromatic carbocycles. The second-order valence-electron chi connectivity index (χ2n) is 9.54. The zero-order chi connectivity index (χ0) is 31.7. The third-order valence-corrected chi connectivity index (χ3v) is 6.90. The normalized spacial score (nSPS) is 16.6. The van der Waals surface area contributed by atoms with Crippen LogP contribution >= 0.6 is 0 Å². The fourth-order valence-corrected chi connectivity index (χ4v) is 4.96. The number of likely N-dealkylation sites (N-methyl/N-ethyl adjacent to an activating group) is 1. The molecule has 2 aromatic rings. The Labute approximate surface area is 249 Å². The molecular weight excluding hydrogens is 512 g/mol. The lowest BCUT2D eigenvalue weighted by Gasteiger charge is -2.24. The summed E-state index contributed by atoms with van der Waals surface area (Å²) < 4.78 is 3.80. The Hall–Kier alpha value is -3.16. The van der Waals surface area contributed by atoms with Crippen molar-refractivity contribution in [2.24, 2.45) is 4.99 Å². The minimum Gasteiger partial charge on any atom is -0.351 e. The number of imidazole rings is 1. The van der Waals surface area contributed by atoms with Crippen LogP contribution < -0.4 is 10.9 Å². The molecule has 3 rings (SSSR count). The van der Waals surface area contributed by atoms with Crippen LogP contribution in [-0.4, -0.2) is 50.8 Å². The number of carbonyl (C=O) groups is 1. The van der Waals surface area contributed by atoms with E-state index in [9.17, 15) is 9.59 Å². The van der Waals surface area contributed by atoms with E-state index < -0.39 is 0 Å². The molecule has 2 aromatic heterocycles. The Balaban J connectivity index is 0.00000250. The lowest BCUT2D eigenvalue weighted by atomic mass is 10.1. The molecule has 1 aliphatic carbocycles. The van der Waals surface area contributed by atoms with Crippen LogP contribution in [0, 0.1) is 0 Å². The molecule has 8 nitrogen and oxygen atoms in total. The van der Waals surface area contributed by atoms with Crippen LogP contribution in [0.2, 0.25) is 0 Å². The van der Waals surface area contributed by atoms with Gasteiger partial charge in [0.2, 0.25) is 5.91 Å². The number of aliphatic imine (C=N–C) groups is 1. The highest BCUT2D eigenvalue weighted by Crippen LogP contribution is 2.34. The first-order valence-electron chi connectivity index (χ1n) is 15.7. The molecule has 0 aliphatic heterocycles. The van der Waals surface area contributed by atoms with Crippen molar-refractivity contribution >= 4 is 28.3 Å². The Morgan fingerprint density at radius 3 is 2.34 bits per heavy atom. The van der Waals surface area contributed by atoms with Gasteiger partial charge >= 0.3 is 0 Å². The van der Waals surface area contributed by atoms with Crippen LogP contribution in [0.4, 0.5) is 5.69 Å². The number of nitrogens with zero attached hydrogens (tertiary/aromatic N) is 5. The SMILES string of the molecule is C=CC(=O)N(C)C1CCC(n2cc(N/C(=C/CC)C(CCC)=NC)c3ncn(C(C)C)c3c2=O)C1.CC.CC.CC. The third-order valence-electron chi connectivity index (χ3n) is 6.90. The average Bonchev–Trinajstić information content (AvgIpc) is 3.68. The molecule has 1 amide bonds. The summed E-state index contributed by atoms with van der Waals surface area (Å²) in [6.07, 6.45) is 12.3. The van der Waals surface area contributed by atoms with Gasteiger partial charge in [0.25, 0.3) is 5.56 Å². The number of hydrogen-bond acceptors (Lipinski definition) is 5. The second-order valence-corrected chi connectivity index (χ2v) is 9.54. The van der Waals surface area contributed by atoms with E-state index in [1.807, 2.05) is 71.0 Å². The maximum absolute atomic E-state index is 13.8. The van der Waals surface area contributed by atoms with Gasteiger partial charge in [-0.15, -0.1) is 0 Å². The first kappa shape index (κ1) is 37.8. The van der Waals surface area contributed by atoms with Crippen LogP contribution in [0.3, 0.4) is 0 Å². The number of anilines is 1. The molecule has 1 saturated carbocycles. The Bertz CT molecular complexity index is 1190. The predicted molar refractivity (Wildman–Crippen MR) is 178 cm³/mol. The number of fused-ring (bicyclic) bond motifs is 1. The van der Waals surface area contributed by atoms with E-state index in [0.29, 0.717) is 11.0 Å². The molecule has 2 unspecified atom stereocenters. The summed E-state index contributed by atoms with van der Waals surface area (Å²) in [7, 11) is 3.63. The number of aromatic nitrogens is 3. The lowest BCUT2D eigenvalue weighted by Crippen LogP contribution is -2.34. The van der Waals surface area contributed by atoms with Gasteiger partial charge in [-0.05, 0) is 52.0 Å². The summed E-state index contributed by atoms with van der Waals surface area (Å²) in [6.45, 7) is 24.0. The average molecular weight is 571 g/mol. The van der Waals surface area contributed by atoms with Crippen molar-refractivity contribution < 1.29 is 4.79 Å². The van der Waals surface area contributed by atoms with Gasteiger partial charge in [-0.2, -0.15) is 0 Å². The topological polar surface area (TPSA) is 84.5 Å². The first-order valence-corrected chi connectivity index (χ1v) is 15.7. The zero-order valence-electron chi connectivity index (χ0n) is 28.0. The highest BCUT2D eigenvalue weighted by atomic mass is 16.2. The van der Waals surface area contributed by atoms with E-state index in [2.05, 4.69) is 55.6 Å². The van der Waals surface area contributed by atoms with E-state index in [1.165, 1.54) is 6.08 Å². The summed E-state index contributed by atoms with van der Waals surface area (Å²) in [5.41, 5.74) is 4.00. The van der Waals surface area contributed by atoms with E-state index in [-0.39, 0.29) is 29.6 Å². The quantitative estimate of drug-likeness (QED) is 0.231. The summed E-state index contributed by atoms with van der Waals surface area (Å²) in [4.78, 5) is 36.8. The largest absolute Gasteiger partial charge is 0.351 e. The fraction of sp³-hybridized carbons (Fsp3) is 0.636. The standard InChI is InChI=1S/C27H40N6O2.3C2H6/c1-8-11-21(28-6)22(12-9-2)30-23-16-32(20-14-13-19(15-20)31(7)24(34)10-3)27(35)26-25(23)29-17-33(26)18(4)5;3*1-2/h10,12,16-20,30H,3,8-9,11,13-15H2,1-2,4-7H3;3*1-2H3/b22-12+,28-21?;;;. The number of carbonyl (C=O) groups excluding carboxylic acids is 1. The zero-order valence-corrected chi connectivity index (χ0v) is 28.0. The van der Waals surface area contributed by atoms with Gasteiger partial charge in [-0.1, -0.05) is 74.5 Å². The molecule has 2 heterocycles. The minimum atomic E-state index is -0.0876. The van der Waals surface area contributed by atoms with Gasteiger partial charge in [0.05, 0.1) is 23.4 Å². The minimum absolute atomic E-state index is 0.00147. The summed E-state index contributed by atoms with van der Waals surface area (Å²) in [6, 6.07) is 0.183. The molecule has 2 atom stereocenters. The monoisotopic (exact) mass is 570 g/mol. The molecule has 232 valence electrons. The molecule has 8 heteroatoms. The molecule has 1 N–H and O–H groups in total. The van der Waals surface area contributed by atoms with Gasteiger partial charge in [-0.3, -0.25) is 14.6 Å². The molecular formula is C33H58N6O2. The number of rotatable bonds is 10. The second kappa shape index (κ2) is 19.8. The van der Waals surface area contributed by atoms with E-state index in [4.69, 9.17) is 0 Å². The summed E-state index contributed by atoms with van der Waals surface area (Å²) >= 11 is 0. The van der Waals surface area contributed by atoms with Crippen molar-refractivity contribution in [3.8, 4) is 0 Å². The maximum Gasteiger partial charge on any atom is 0.277 e.